The van der Waals surface area contributed by atoms with Crippen LogP contribution >= 0.6 is 0 Å². The lowest BCUT2D eigenvalue weighted by Crippen LogP contribution is -2.36. The molecule has 20 heavy (non-hydrogen) atoms. The van der Waals surface area contributed by atoms with Gasteiger partial charge in [0, 0.05) is 5.41 Å². The Morgan fingerprint density at radius 1 is 1.25 bits per heavy atom. The molecule has 1 aromatic rings. The molecular formula is C14H18N2O3S. The van der Waals surface area contributed by atoms with Crippen LogP contribution in [-0.4, -0.2) is 20.8 Å². The van der Waals surface area contributed by atoms with Crippen LogP contribution in [0.4, 0.5) is 0 Å². The minimum Gasteiger partial charge on any atom is -0.493 e. The first kappa shape index (κ1) is 14.8. The molecule has 0 unspecified atom stereocenters. The number of nitrogens with zero attached hydrogens (tertiary/aromatic N) is 1. The van der Waals surface area contributed by atoms with Crippen molar-refractivity contribution in [2.75, 3.05) is 12.4 Å². The van der Waals surface area contributed by atoms with Crippen molar-refractivity contribution < 1.29 is 13.2 Å². The van der Waals surface area contributed by atoms with Gasteiger partial charge in [-0.3, -0.25) is 0 Å². The first-order chi connectivity index (χ1) is 9.42. The monoisotopic (exact) mass is 294 g/mol. The number of rotatable bonds is 5. The Kier molecular flexibility index (Phi) is 4.31. The molecule has 0 aromatic heterocycles. The van der Waals surface area contributed by atoms with Gasteiger partial charge in [0.15, 0.2) is 0 Å². The molecule has 0 saturated heterocycles. The normalized spacial score (nSPS) is 17.6. The molecular weight excluding hydrogens is 276 g/mol. The van der Waals surface area contributed by atoms with E-state index in [9.17, 15) is 8.42 Å². The summed E-state index contributed by atoms with van der Waals surface area (Å²) < 4.78 is 28.5. The van der Waals surface area contributed by atoms with E-state index >= 15 is 0 Å². The molecule has 5 nitrogen and oxygen atoms in total. The minimum atomic E-state index is -3.50. The van der Waals surface area contributed by atoms with Gasteiger partial charge in [-0.05, 0) is 37.1 Å². The van der Waals surface area contributed by atoms with Crippen molar-refractivity contribution in [3.63, 3.8) is 0 Å². The molecule has 2 N–H and O–H groups in total. The Labute approximate surface area is 119 Å². The van der Waals surface area contributed by atoms with Gasteiger partial charge in [0.25, 0.3) is 0 Å². The topological polar surface area (TPSA) is 93.2 Å². The van der Waals surface area contributed by atoms with Crippen LogP contribution in [0.5, 0.6) is 5.75 Å². The molecule has 2 rings (SSSR count). The molecule has 1 aromatic carbocycles. The summed E-state index contributed by atoms with van der Waals surface area (Å²) in [5.41, 5.74) is 0.194. The summed E-state index contributed by atoms with van der Waals surface area (Å²) in [5.74, 6) is 0.612. The zero-order chi connectivity index (χ0) is 14.6. The zero-order valence-corrected chi connectivity index (χ0v) is 12.0. The molecule has 0 amide bonds. The van der Waals surface area contributed by atoms with Crippen molar-refractivity contribution in [1.29, 1.82) is 5.26 Å². The molecule has 1 fully saturated rings. The van der Waals surface area contributed by atoms with Crippen LogP contribution in [0, 0.1) is 16.7 Å². The van der Waals surface area contributed by atoms with E-state index in [1.165, 1.54) is 0 Å². The van der Waals surface area contributed by atoms with E-state index < -0.39 is 10.0 Å². The standard InChI is InChI=1S/C14H18N2O3S/c15-9-12-3-5-13(6-4-12)19-10-14(7-1-2-8-14)11-20(16,17)18/h3-6H,1-2,7-8,10-11H2,(H2,16,17,18). The summed E-state index contributed by atoms with van der Waals surface area (Å²) >= 11 is 0. The van der Waals surface area contributed by atoms with E-state index in [1.54, 1.807) is 24.3 Å². The Hall–Kier alpha value is -1.58. The third-order valence-electron chi connectivity index (χ3n) is 3.70. The third-order valence-corrected chi connectivity index (χ3v) is 4.71. The van der Waals surface area contributed by atoms with Crippen LogP contribution in [0.15, 0.2) is 24.3 Å². The van der Waals surface area contributed by atoms with E-state index in [4.69, 9.17) is 15.1 Å². The number of primary sulfonamides is 1. The number of ether oxygens (including phenoxy) is 1. The Morgan fingerprint density at radius 3 is 2.35 bits per heavy atom. The highest BCUT2D eigenvalue weighted by Gasteiger charge is 2.38. The van der Waals surface area contributed by atoms with Gasteiger partial charge in [-0.15, -0.1) is 0 Å². The van der Waals surface area contributed by atoms with Gasteiger partial charge >= 0.3 is 0 Å². The summed E-state index contributed by atoms with van der Waals surface area (Å²) in [4.78, 5) is 0. The van der Waals surface area contributed by atoms with Gasteiger partial charge in [0.1, 0.15) is 5.75 Å². The van der Waals surface area contributed by atoms with E-state index in [0.717, 1.165) is 25.7 Å². The summed E-state index contributed by atoms with van der Waals surface area (Å²) in [7, 11) is -3.50. The summed E-state index contributed by atoms with van der Waals surface area (Å²) in [5, 5.41) is 13.9. The number of benzene rings is 1. The molecule has 6 heteroatoms. The van der Waals surface area contributed by atoms with Crippen LogP contribution in [0.25, 0.3) is 0 Å². The predicted molar refractivity (Wildman–Crippen MR) is 75.5 cm³/mol. The second-order valence-corrected chi connectivity index (χ2v) is 7.05. The fourth-order valence-corrected chi connectivity index (χ4v) is 3.97. The fourth-order valence-electron chi connectivity index (χ4n) is 2.74. The fraction of sp³-hybridized carbons (Fsp3) is 0.500. The predicted octanol–water partition coefficient (Wildman–Crippen LogP) is 1.79. The highest BCUT2D eigenvalue weighted by atomic mass is 32.2. The van der Waals surface area contributed by atoms with Gasteiger partial charge < -0.3 is 4.74 Å². The van der Waals surface area contributed by atoms with E-state index in [2.05, 4.69) is 0 Å². The van der Waals surface area contributed by atoms with Crippen LogP contribution in [0.2, 0.25) is 0 Å². The SMILES string of the molecule is N#Cc1ccc(OCC2(CS(N)(=O)=O)CCCC2)cc1. The number of nitriles is 1. The van der Waals surface area contributed by atoms with Gasteiger partial charge in [-0.2, -0.15) is 5.26 Å². The smallest absolute Gasteiger partial charge is 0.209 e. The van der Waals surface area contributed by atoms with Gasteiger partial charge in [-0.25, -0.2) is 13.6 Å². The first-order valence-electron chi connectivity index (χ1n) is 6.56. The maximum absolute atomic E-state index is 11.4. The molecule has 0 spiro atoms. The molecule has 108 valence electrons. The quantitative estimate of drug-likeness (QED) is 0.895. The first-order valence-corrected chi connectivity index (χ1v) is 8.28. The maximum Gasteiger partial charge on any atom is 0.209 e. The number of nitrogens with two attached hydrogens (primary N) is 1. The minimum absolute atomic E-state index is 0.0315. The maximum atomic E-state index is 11.4. The molecule has 0 bridgehead atoms. The molecule has 0 heterocycles. The zero-order valence-electron chi connectivity index (χ0n) is 11.2. The van der Waals surface area contributed by atoms with E-state index in [1.807, 2.05) is 6.07 Å². The van der Waals surface area contributed by atoms with Gasteiger partial charge in [0.2, 0.25) is 10.0 Å². The molecule has 0 aliphatic heterocycles. The van der Waals surface area contributed by atoms with Crippen LogP contribution < -0.4 is 9.88 Å². The van der Waals surface area contributed by atoms with Crippen molar-refractivity contribution in [3.05, 3.63) is 29.8 Å². The Balaban J connectivity index is 2.04. The average Bonchev–Trinajstić information content (AvgIpc) is 2.84. The van der Waals surface area contributed by atoms with Gasteiger partial charge in [0.05, 0.1) is 24.0 Å². The van der Waals surface area contributed by atoms with Crippen LogP contribution in [0.3, 0.4) is 0 Å². The lowest BCUT2D eigenvalue weighted by molar-refractivity contribution is 0.170. The molecule has 1 aliphatic rings. The number of sulfonamides is 1. The van der Waals surface area contributed by atoms with Crippen molar-refractivity contribution in [2.45, 2.75) is 25.7 Å². The Bertz CT molecular complexity index is 596. The van der Waals surface area contributed by atoms with Crippen LogP contribution in [0.1, 0.15) is 31.2 Å². The number of hydrogen-bond donors (Lipinski definition) is 1. The second-order valence-electron chi connectivity index (χ2n) is 5.44. The van der Waals surface area contributed by atoms with Crippen molar-refractivity contribution in [3.8, 4) is 11.8 Å². The lowest BCUT2D eigenvalue weighted by atomic mass is 9.90. The average molecular weight is 294 g/mol. The third kappa shape index (κ3) is 3.95. The van der Waals surface area contributed by atoms with E-state index in [0.29, 0.717) is 17.9 Å². The van der Waals surface area contributed by atoms with Crippen molar-refractivity contribution >= 4 is 10.0 Å². The largest absolute Gasteiger partial charge is 0.493 e. The number of hydrogen-bond acceptors (Lipinski definition) is 4. The van der Waals surface area contributed by atoms with E-state index in [-0.39, 0.29) is 11.2 Å². The summed E-state index contributed by atoms with van der Waals surface area (Å²) in [6.07, 6.45) is 3.65. The highest BCUT2D eigenvalue weighted by molar-refractivity contribution is 7.89. The van der Waals surface area contributed by atoms with Crippen LogP contribution in [-0.2, 0) is 10.0 Å². The molecule has 0 atom stereocenters. The molecule has 1 saturated carbocycles. The van der Waals surface area contributed by atoms with Gasteiger partial charge in [-0.1, -0.05) is 12.8 Å². The van der Waals surface area contributed by atoms with Crippen molar-refractivity contribution in [2.24, 2.45) is 10.6 Å². The highest BCUT2D eigenvalue weighted by Crippen LogP contribution is 2.39. The second kappa shape index (κ2) is 5.81. The Morgan fingerprint density at radius 2 is 1.85 bits per heavy atom. The summed E-state index contributed by atoms with van der Waals surface area (Å²) in [6, 6.07) is 8.83. The molecule has 1 aliphatic carbocycles. The van der Waals surface area contributed by atoms with Crippen molar-refractivity contribution in [1.82, 2.24) is 0 Å². The molecule has 0 radical (unpaired) electrons. The lowest BCUT2D eigenvalue weighted by Gasteiger charge is -2.27. The summed E-state index contributed by atoms with van der Waals surface area (Å²) in [6.45, 7) is 0.343.